The Morgan fingerprint density at radius 2 is 0.333 bits per heavy atom. The second kappa shape index (κ2) is 10.6. The molecule has 1 heterocycles. The molecule has 1 aliphatic heterocycles. The van der Waals surface area contributed by atoms with Gasteiger partial charge in [-0.1, -0.05) is 0 Å². The molecule has 1 rings (SSSR count). The molecule has 0 amide bonds. The largest absolute Gasteiger partial charge is 0.207 e. The van der Waals surface area contributed by atoms with Crippen LogP contribution in [-0.4, -0.2) is 0 Å². The summed E-state index contributed by atoms with van der Waals surface area (Å²) in [5.41, 5.74) is 0. The minimum atomic E-state index is -2.42. The zero-order valence-electron chi connectivity index (χ0n) is 9.90. The van der Waals surface area contributed by atoms with Gasteiger partial charge in [-0.25, -0.2) is 27.1 Å². The van der Waals surface area contributed by atoms with Gasteiger partial charge in [0.15, 0.2) is 0 Å². The Kier molecular flexibility index (Phi) is 12.9. The second-order valence-corrected chi connectivity index (χ2v) is 65.8. The van der Waals surface area contributed by atoms with E-state index in [4.69, 9.17) is 0 Å². The van der Waals surface area contributed by atoms with E-state index in [1.807, 2.05) is 0 Å². The van der Waals surface area contributed by atoms with E-state index >= 15 is 0 Å². The van der Waals surface area contributed by atoms with E-state index in [1.165, 1.54) is 0 Å². The molecule has 0 aromatic carbocycles. The topological polar surface area (TPSA) is 74.2 Å². The van der Waals surface area contributed by atoms with E-state index in [1.54, 1.807) is 0 Å². The smallest absolute Gasteiger partial charge is 0.200 e. The van der Waals surface area contributed by atoms with Crippen molar-refractivity contribution in [3.63, 3.8) is 0 Å². The average molecular weight is 1230 g/mol. The van der Waals surface area contributed by atoms with Crippen LogP contribution in [0.15, 0.2) is 27.1 Å². The molecule has 0 bridgehead atoms. The van der Waals surface area contributed by atoms with Crippen molar-refractivity contribution in [3.05, 3.63) is 0 Å². The van der Waals surface area contributed by atoms with Gasteiger partial charge in [-0.15, -0.1) is 0 Å². The van der Waals surface area contributed by atoms with Crippen molar-refractivity contribution < 1.29 is 0 Å². The van der Waals surface area contributed by atoms with Crippen LogP contribution in [0.4, 0.5) is 0 Å². The third-order valence-corrected chi connectivity index (χ3v) is 42.3. The fraction of sp³-hybridized carbons (Fsp3) is 0. The Labute approximate surface area is 235 Å². The van der Waals surface area contributed by atoms with Crippen molar-refractivity contribution in [2.45, 2.75) is 0 Å². The Bertz CT molecular complexity index is 621. The minimum Gasteiger partial charge on any atom is -0.200 e. The van der Waals surface area contributed by atoms with Crippen LogP contribution in [0.25, 0.3) is 0 Å². The first-order valence-electron chi connectivity index (χ1n) is 4.43. The van der Waals surface area contributed by atoms with Gasteiger partial charge in [0.2, 0.25) is 27.7 Å². The summed E-state index contributed by atoms with van der Waals surface area (Å²) >= 11 is 42.4. The lowest BCUT2D eigenvalue weighted by atomic mass is 13.8. The molecule has 0 aromatic heterocycles. The first-order chi connectivity index (χ1) is 10.2. The summed E-state index contributed by atoms with van der Waals surface area (Å²) in [6, 6.07) is 0. The molecule has 0 aliphatic carbocycles. The summed E-state index contributed by atoms with van der Waals surface area (Å²) < 4.78 is 13.5. The Morgan fingerprint density at radius 3 is 0.417 bits per heavy atom. The zero-order chi connectivity index (χ0) is 19.2. The van der Waals surface area contributed by atoms with E-state index in [0.717, 1.165) is 0 Å². The van der Waals surface area contributed by atoms with E-state index in [-0.39, 0.29) is 0 Å². The molecule has 0 saturated heterocycles. The minimum absolute atomic E-state index is 2.42. The Hall–Kier alpha value is 7.14. The molecular formula is Br12N6P6. The predicted molar refractivity (Wildman–Crippen MR) is 163 cm³/mol. The predicted octanol–water partition coefficient (Wildman–Crippen LogP) is 16.4. The maximum atomic E-state index is 4.66. The van der Waals surface area contributed by atoms with Crippen LogP contribution < -0.4 is 0 Å². The molecule has 1 aliphatic rings. The molecule has 0 N–H and O–H groups in total. The van der Waals surface area contributed by atoms with Crippen LogP contribution in [0.5, 0.6) is 0 Å². The van der Waals surface area contributed by atoms with Crippen molar-refractivity contribution in [1.29, 1.82) is 0 Å². The van der Waals surface area contributed by atoms with Gasteiger partial charge in [-0.3, -0.25) is 0 Å². The normalized spacial score (nSPS) is 29.5. The van der Waals surface area contributed by atoms with Gasteiger partial charge < -0.3 is 0 Å². The number of halogens is 12. The second-order valence-electron chi connectivity index (χ2n) is 3.27. The van der Waals surface area contributed by atoms with Crippen LogP contribution in [0.2, 0.25) is 0 Å². The van der Waals surface area contributed by atoms with Gasteiger partial charge in [-0.05, 0) is 186 Å². The molecule has 0 fully saturated rings. The van der Waals surface area contributed by atoms with Crippen molar-refractivity contribution >= 4 is 214 Å². The SMILES string of the molecule is BrP1(Br)=NP(Br)(Br)=NP(Br)(Br)=NP(Br)(Br)=NP(Br)(Br)=NP(Br)(Br)=N1. The van der Waals surface area contributed by atoms with Gasteiger partial charge in [0.1, 0.15) is 0 Å². The van der Waals surface area contributed by atoms with Gasteiger partial charge >= 0.3 is 0 Å². The molecular weight excluding hydrogens is 1230 g/mol. The summed E-state index contributed by atoms with van der Waals surface area (Å²) in [4.78, 5) is 0. The fourth-order valence-electron chi connectivity index (χ4n) is 0.884. The molecule has 24 heavy (non-hydrogen) atoms. The van der Waals surface area contributed by atoms with E-state index in [9.17, 15) is 0 Å². The Balaban J connectivity index is 4.07. The van der Waals surface area contributed by atoms with Crippen molar-refractivity contribution in [2.75, 3.05) is 0 Å². The third kappa shape index (κ3) is 12.4. The zero-order valence-corrected chi connectivity index (χ0v) is 34.3. The quantitative estimate of drug-likeness (QED) is 0.217. The molecule has 0 unspecified atom stereocenters. The number of nitrogens with zero attached hydrogens (tertiary/aromatic N) is 6. The lowest BCUT2D eigenvalue weighted by molar-refractivity contribution is 1.83. The van der Waals surface area contributed by atoms with E-state index in [2.05, 4.69) is 213 Å². The molecule has 144 valence electrons. The lowest BCUT2D eigenvalue weighted by Crippen LogP contribution is -1.59. The summed E-state index contributed by atoms with van der Waals surface area (Å²) in [6.45, 7) is 0. The van der Waals surface area contributed by atoms with Crippen LogP contribution in [-0.2, 0) is 0 Å². The summed E-state index contributed by atoms with van der Waals surface area (Å²) in [5.74, 6) is 0. The molecule has 6 nitrogen and oxygen atoms in total. The molecule has 0 aromatic rings. The third-order valence-electron chi connectivity index (χ3n) is 1.29. The fourth-order valence-corrected chi connectivity index (χ4v) is 95.4. The highest BCUT2D eigenvalue weighted by molar-refractivity contribution is 9.77. The van der Waals surface area contributed by atoms with Gasteiger partial charge in [-0.2, -0.15) is 0 Å². The van der Waals surface area contributed by atoms with E-state index < -0.39 is 27.7 Å². The molecule has 0 saturated carbocycles. The molecule has 24 heteroatoms. The van der Waals surface area contributed by atoms with Crippen LogP contribution in [0.3, 0.4) is 0 Å². The molecule has 0 atom stereocenters. The maximum Gasteiger partial charge on any atom is 0.207 e. The van der Waals surface area contributed by atoms with Crippen molar-refractivity contribution in [3.8, 4) is 0 Å². The van der Waals surface area contributed by atoms with Crippen LogP contribution in [0, 0.1) is 0 Å². The maximum absolute atomic E-state index is 4.66. The average Bonchev–Trinajstić information content (AvgIpc) is 1.98. The molecule has 0 spiro atoms. The Morgan fingerprint density at radius 1 is 0.250 bits per heavy atom. The number of hydrogen-bond donors (Lipinski definition) is 0. The summed E-state index contributed by atoms with van der Waals surface area (Å²) in [5, 5.41) is 0. The highest BCUT2D eigenvalue weighted by atomic mass is 80.0. The van der Waals surface area contributed by atoms with Crippen molar-refractivity contribution in [2.24, 2.45) is 27.1 Å². The van der Waals surface area contributed by atoms with Crippen molar-refractivity contribution in [1.82, 2.24) is 0 Å². The van der Waals surface area contributed by atoms with Gasteiger partial charge in [0.25, 0.3) is 0 Å². The van der Waals surface area contributed by atoms with Crippen LogP contribution >= 0.6 is 214 Å². The van der Waals surface area contributed by atoms with Gasteiger partial charge in [0, 0.05) is 0 Å². The standard InChI is InChI=1S/Br12N6P6/c1-19(2)13-20(3,4)15-22(7,8)17-24(11,12)18-23(9,10)16-21(5,6)14-19. The summed E-state index contributed by atoms with van der Waals surface area (Å²) in [7, 11) is 0. The molecule has 0 radical (unpaired) electrons. The number of rotatable bonds is 0. The number of hydrogen-bond acceptors (Lipinski definition) is 6. The highest BCUT2D eigenvalue weighted by Gasteiger charge is 2.29. The lowest BCUT2D eigenvalue weighted by Gasteiger charge is -2.18. The van der Waals surface area contributed by atoms with Crippen LogP contribution in [0.1, 0.15) is 0 Å². The van der Waals surface area contributed by atoms with Gasteiger partial charge in [0.05, 0.1) is 0 Å². The first-order valence-corrected chi connectivity index (χ1v) is 38.8. The first kappa shape index (κ1) is 29.2. The summed E-state index contributed by atoms with van der Waals surface area (Å²) in [6.07, 6.45) is 0. The van der Waals surface area contributed by atoms with E-state index in [0.29, 0.717) is 0 Å². The highest BCUT2D eigenvalue weighted by Crippen LogP contribution is 2.92. The monoisotopic (exact) mass is 1220 g/mol.